The standard InChI is InChI=1S/C44H28F12N2/c1-26(58-40-37(29-10-4-14-33(24-29)43(51,52)53)18-7-19-38(40)30-11-5-15-34(25-30)44(54,55)56)20-21-57-39-35(27-8-2-12-31(22-27)41(45,46)47)16-6-17-36(39)28-9-3-13-32(23-28)42(48,49)50/h2-19,21-25H,20H2,1H3. The molecule has 0 fully saturated rings. The van der Waals surface area contributed by atoms with Crippen LogP contribution in [-0.2, 0) is 24.7 Å². The largest absolute Gasteiger partial charge is 0.416 e. The second kappa shape index (κ2) is 16.0. The molecule has 0 aliphatic rings. The molecule has 0 saturated carbocycles. The highest BCUT2D eigenvalue weighted by Gasteiger charge is 2.33. The molecule has 0 radical (unpaired) electrons. The molecule has 0 aliphatic carbocycles. The number of hydrogen-bond donors (Lipinski definition) is 0. The second-order valence-electron chi connectivity index (χ2n) is 13.1. The topological polar surface area (TPSA) is 24.7 Å². The van der Waals surface area contributed by atoms with Crippen LogP contribution in [0.2, 0.25) is 0 Å². The monoisotopic (exact) mass is 812 g/mol. The number of aliphatic imine (C=N–C) groups is 2. The Morgan fingerprint density at radius 3 is 0.983 bits per heavy atom. The zero-order valence-electron chi connectivity index (χ0n) is 29.9. The summed E-state index contributed by atoms with van der Waals surface area (Å²) in [6.45, 7) is 1.53. The van der Waals surface area contributed by atoms with Gasteiger partial charge in [0.25, 0.3) is 0 Å². The van der Waals surface area contributed by atoms with E-state index >= 15 is 0 Å². The summed E-state index contributed by atoms with van der Waals surface area (Å²) in [7, 11) is 0. The summed E-state index contributed by atoms with van der Waals surface area (Å²) in [5.74, 6) is 0. The van der Waals surface area contributed by atoms with Gasteiger partial charge in [-0.05, 0) is 77.7 Å². The van der Waals surface area contributed by atoms with Crippen LogP contribution in [0.5, 0.6) is 0 Å². The predicted octanol–water partition coefficient (Wildman–Crippen LogP) is 15.3. The van der Waals surface area contributed by atoms with Crippen LogP contribution >= 0.6 is 0 Å². The van der Waals surface area contributed by atoms with Crippen molar-refractivity contribution in [3.8, 4) is 44.5 Å². The molecule has 6 aromatic rings. The van der Waals surface area contributed by atoms with Gasteiger partial charge in [0.15, 0.2) is 0 Å². The third kappa shape index (κ3) is 9.50. The van der Waals surface area contributed by atoms with Gasteiger partial charge >= 0.3 is 24.7 Å². The van der Waals surface area contributed by atoms with Crippen LogP contribution in [0.3, 0.4) is 0 Å². The number of halogens is 12. The first-order valence-electron chi connectivity index (χ1n) is 17.2. The van der Waals surface area contributed by atoms with Gasteiger partial charge in [0.2, 0.25) is 0 Å². The van der Waals surface area contributed by atoms with Gasteiger partial charge in [-0.1, -0.05) is 84.9 Å². The van der Waals surface area contributed by atoms with Crippen LogP contribution in [-0.4, -0.2) is 11.9 Å². The summed E-state index contributed by atoms with van der Waals surface area (Å²) in [6, 6.07) is 26.2. The molecule has 0 spiro atoms. The van der Waals surface area contributed by atoms with Gasteiger partial charge < -0.3 is 0 Å². The van der Waals surface area contributed by atoms with Crippen molar-refractivity contribution >= 4 is 23.3 Å². The molecule has 6 rings (SSSR count). The smallest absolute Gasteiger partial charge is 0.260 e. The molecule has 58 heavy (non-hydrogen) atoms. The Hall–Kier alpha value is -6.18. The molecule has 0 atom stereocenters. The number of hydrogen-bond acceptors (Lipinski definition) is 2. The van der Waals surface area contributed by atoms with Crippen LogP contribution in [0.15, 0.2) is 143 Å². The average molecular weight is 813 g/mol. The molecule has 0 unspecified atom stereocenters. The summed E-state index contributed by atoms with van der Waals surface area (Å²) in [6.07, 6.45) is -17.6. The molecule has 0 aromatic heterocycles. The summed E-state index contributed by atoms with van der Waals surface area (Å²) in [5.41, 5.74) is -2.60. The van der Waals surface area contributed by atoms with Gasteiger partial charge in [0.05, 0.1) is 33.6 Å². The minimum absolute atomic E-state index is 0.0305. The first-order valence-corrected chi connectivity index (χ1v) is 17.2. The van der Waals surface area contributed by atoms with Gasteiger partial charge in [0.1, 0.15) is 0 Å². The maximum atomic E-state index is 13.7. The highest BCUT2D eigenvalue weighted by atomic mass is 19.4. The van der Waals surface area contributed by atoms with E-state index in [1.165, 1.54) is 98.1 Å². The lowest BCUT2D eigenvalue weighted by molar-refractivity contribution is -0.138. The summed E-state index contributed by atoms with van der Waals surface area (Å²) < 4.78 is 165. The maximum Gasteiger partial charge on any atom is 0.416 e. The molecule has 0 N–H and O–H groups in total. The van der Waals surface area contributed by atoms with Gasteiger partial charge in [-0.2, -0.15) is 52.7 Å². The van der Waals surface area contributed by atoms with Crippen LogP contribution in [0.4, 0.5) is 64.1 Å². The maximum absolute atomic E-state index is 13.7. The molecule has 6 aromatic carbocycles. The van der Waals surface area contributed by atoms with Gasteiger partial charge in [-0.15, -0.1) is 0 Å². The number of rotatable bonds is 8. The molecule has 298 valence electrons. The van der Waals surface area contributed by atoms with Crippen molar-refractivity contribution in [2.45, 2.75) is 38.0 Å². The van der Waals surface area contributed by atoms with Crippen molar-refractivity contribution in [1.82, 2.24) is 0 Å². The van der Waals surface area contributed by atoms with E-state index in [2.05, 4.69) is 9.98 Å². The van der Waals surface area contributed by atoms with E-state index in [1.807, 2.05) is 0 Å². The molecular weight excluding hydrogens is 784 g/mol. The lowest BCUT2D eigenvalue weighted by Gasteiger charge is -2.16. The minimum atomic E-state index is -4.71. The van der Waals surface area contributed by atoms with Crippen molar-refractivity contribution in [2.24, 2.45) is 9.98 Å². The van der Waals surface area contributed by atoms with Crippen molar-refractivity contribution in [3.63, 3.8) is 0 Å². The van der Waals surface area contributed by atoms with Crippen LogP contribution in [0.25, 0.3) is 44.5 Å². The molecule has 0 aliphatic heterocycles. The first-order chi connectivity index (χ1) is 27.2. The Morgan fingerprint density at radius 2 is 0.690 bits per heavy atom. The Morgan fingerprint density at radius 1 is 0.414 bits per heavy atom. The van der Waals surface area contributed by atoms with Crippen molar-refractivity contribution in [1.29, 1.82) is 0 Å². The van der Waals surface area contributed by atoms with Crippen LogP contribution in [0.1, 0.15) is 35.6 Å². The summed E-state index contributed by atoms with van der Waals surface area (Å²) >= 11 is 0. The summed E-state index contributed by atoms with van der Waals surface area (Å²) in [4.78, 5) is 9.22. The fourth-order valence-electron chi connectivity index (χ4n) is 6.24. The molecular formula is C44H28F12N2. The highest BCUT2D eigenvalue weighted by Crippen LogP contribution is 2.44. The van der Waals surface area contributed by atoms with E-state index in [-0.39, 0.29) is 68.0 Å². The van der Waals surface area contributed by atoms with E-state index in [4.69, 9.17) is 0 Å². The molecule has 0 bridgehead atoms. The quantitative estimate of drug-likeness (QED) is 0.108. The summed E-state index contributed by atoms with van der Waals surface area (Å²) in [5, 5.41) is 0. The van der Waals surface area contributed by atoms with Gasteiger partial charge in [0, 0.05) is 40.6 Å². The van der Waals surface area contributed by atoms with Crippen LogP contribution < -0.4 is 0 Å². The number of alkyl halides is 12. The molecule has 0 amide bonds. The number of benzene rings is 6. The minimum Gasteiger partial charge on any atom is -0.260 e. The van der Waals surface area contributed by atoms with Crippen molar-refractivity contribution in [3.05, 3.63) is 156 Å². The van der Waals surface area contributed by atoms with Crippen molar-refractivity contribution in [2.75, 3.05) is 0 Å². The molecule has 0 heterocycles. The number of para-hydroxylation sites is 2. The molecule has 14 heteroatoms. The van der Waals surface area contributed by atoms with Crippen molar-refractivity contribution < 1.29 is 52.7 Å². The molecule has 0 saturated heterocycles. The van der Waals surface area contributed by atoms with E-state index < -0.39 is 47.0 Å². The lowest BCUT2D eigenvalue weighted by Crippen LogP contribution is -2.05. The zero-order chi connectivity index (χ0) is 42.0. The molecule has 2 nitrogen and oxygen atoms in total. The Bertz CT molecular complexity index is 2350. The normalized spacial score (nSPS) is 13.0. The SMILES string of the molecule is CC(CC=Nc1c(-c2cccc(C(F)(F)F)c2)cccc1-c1cccc(C(F)(F)F)c1)=Nc1c(-c2cccc(C(F)(F)F)c2)cccc1-c1cccc(C(F)(F)F)c1. The zero-order valence-corrected chi connectivity index (χ0v) is 29.9. The Kier molecular flexibility index (Phi) is 11.4. The van der Waals surface area contributed by atoms with E-state index in [1.54, 1.807) is 0 Å². The van der Waals surface area contributed by atoms with E-state index in [9.17, 15) is 52.7 Å². The average Bonchev–Trinajstić information content (AvgIpc) is 3.17. The first kappa shape index (κ1) is 41.5. The van der Waals surface area contributed by atoms with E-state index in [0.717, 1.165) is 48.5 Å². The second-order valence-corrected chi connectivity index (χ2v) is 13.1. The number of nitrogens with zero attached hydrogens (tertiary/aromatic N) is 2. The fraction of sp³-hybridized carbons (Fsp3) is 0.136. The fourth-order valence-corrected chi connectivity index (χ4v) is 6.24. The van der Waals surface area contributed by atoms with Gasteiger partial charge in [-0.25, -0.2) is 0 Å². The third-order valence-corrected chi connectivity index (χ3v) is 8.99. The third-order valence-electron chi connectivity index (χ3n) is 8.99. The Labute approximate surface area is 323 Å². The van der Waals surface area contributed by atoms with E-state index in [0.29, 0.717) is 0 Å². The van der Waals surface area contributed by atoms with Gasteiger partial charge in [-0.3, -0.25) is 9.98 Å². The Balaban J connectivity index is 1.48. The van der Waals surface area contributed by atoms with Crippen LogP contribution in [0, 0.1) is 0 Å². The lowest BCUT2D eigenvalue weighted by atomic mass is 9.94. The predicted molar refractivity (Wildman–Crippen MR) is 200 cm³/mol. The highest BCUT2D eigenvalue weighted by molar-refractivity contribution is 6.01.